The molecule has 0 rings (SSSR count). The molecule has 0 aliphatic carbocycles. The van der Waals surface area contributed by atoms with Crippen molar-refractivity contribution in [2.45, 2.75) is 3.79 Å². The van der Waals surface area contributed by atoms with Crippen LogP contribution >= 0.6 is 34.8 Å². The molecule has 0 unspecified atom stereocenters. The average molecular weight is 166 g/mol. The highest BCUT2D eigenvalue weighted by Crippen LogP contribution is 2.23. The maximum Gasteiger partial charge on any atom is 0.213 e. The van der Waals surface area contributed by atoms with Crippen LogP contribution < -0.4 is 6.15 Å². The summed E-state index contributed by atoms with van der Waals surface area (Å²) in [7, 11) is 0. The summed E-state index contributed by atoms with van der Waals surface area (Å²) in [5.74, 6) is 0. The molecule has 0 bridgehead atoms. The number of hydrogen-bond acceptors (Lipinski definition) is 2. The van der Waals surface area contributed by atoms with Gasteiger partial charge < -0.3 is 11.3 Å². The van der Waals surface area contributed by atoms with Crippen LogP contribution in [-0.4, -0.2) is 15.5 Å². The van der Waals surface area contributed by atoms with Crippen molar-refractivity contribution in [2.24, 2.45) is 0 Å². The van der Waals surface area contributed by atoms with E-state index in [1.807, 2.05) is 0 Å². The number of rotatable bonds is 0. The molecule has 0 saturated heterocycles. The number of aliphatic hydroxyl groups is 1. The van der Waals surface area contributed by atoms with E-state index in [-0.39, 0.29) is 6.15 Å². The minimum absolute atomic E-state index is 0. The third-order valence-electron chi connectivity index (χ3n) is 0.179. The maximum absolute atomic E-state index is 8.01. The normalized spacial score (nSPS) is 10.3. The van der Waals surface area contributed by atoms with E-state index in [0.717, 1.165) is 0 Å². The average Bonchev–Trinajstić information content (AvgIpc) is 1.35. The van der Waals surface area contributed by atoms with E-state index >= 15 is 0 Å². The van der Waals surface area contributed by atoms with Gasteiger partial charge in [0.15, 0.2) is 0 Å². The SMILES string of the molecule is N.OCC(Cl)(Cl)Cl. The van der Waals surface area contributed by atoms with Gasteiger partial charge in [-0.25, -0.2) is 0 Å². The molecule has 5 heteroatoms. The van der Waals surface area contributed by atoms with Crippen molar-refractivity contribution in [2.75, 3.05) is 6.61 Å². The second kappa shape index (κ2) is 3.75. The second-order valence-corrected chi connectivity index (χ2v) is 3.29. The first-order valence-corrected chi connectivity index (χ1v) is 2.37. The highest BCUT2D eigenvalue weighted by atomic mass is 35.6. The Morgan fingerprint density at radius 1 is 1.29 bits per heavy atom. The molecule has 0 radical (unpaired) electrons. The quantitative estimate of drug-likeness (QED) is 0.536. The van der Waals surface area contributed by atoms with Gasteiger partial charge in [0.1, 0.15) is 0 Å². The zero-order valence-electron chi connectivity index (χ0n) is 3.50. The van der Waals surface area contributed by atoms with Gasteiger partial charge in [-0.1, -0.05) is 34.8 Å². The Morgan fingerprint density at radius 3 is 1.43 bits per heavy atom. The minimum atomic E-state index is -1.49. The van der Waals surface area contributed by atoms with Gasteiger partial charge >= 0.3 is 0 Å². The second-order valence-electron chi connectivity index (χ2n) is 0.773. The summed E-state index contributed by atoms with van der Waals surface area (Å²) in [5.41, 5.74) is 0. The van der Waals surface area contributed by atoms with Crippen molar-refractivity contribution in [3.05, 3.63) is 0 Å². The molecule has 46 valence electrons. The Bertz CT molecular complexity index is 42.7. The van der Waals surface area contributed by atoms with Gasteiger partial charge in [0.05, 0.1) is 6.61 Å². The van der Waals surface area contributed by atoms with E-state index in [4.69, 9.17) is 39.9 Å². The Labute approximate surface area is 56.9 Å². The largest absolute Gasteiger partial charge is 0.392 e. The number of hydrogen-bond donors (Lipinski definition) is 2. The lowest BCUT2D eigenvalue weighted by molar-refractivity contribution is 0.303. The molecule has 0 spiro atoms. The highest BCUT2D eigenvalue weighted by Gasteiger charge is 2.16. The van der Waals surface area contributed by atoms with E-state index < -0.39 is 10.4 Å². The predicted octanol–water partition coefficient (Wildman–Crippen LogP) is 1.51. The summed E-state index contributed by atoms with van der Waals surface area (Å²) in [6.07, 6.45) is 0. The zero-order valence-corrected chi connectivity index (χ0v) is 5.76. The van der Waals surface area contributed by atoms with Crippen molar-refractivity contribution in [3.8, 4) is 0 Å². The van der Waals surface area contributed by atoms with E-state index in [1.54, 1.807) is 0 Å². The first kappa shape index (κ1) is 10.7. The molecular weight excluding hydrogens is 160 g/mol. The Kier molecular flexibility index (Phi) is 5.74. The van der Waals surface area contributed by atoms with Crippen LogP contribution in [-0.2, 0) is 0 Å². The fraction of sp³-hybridized carbons (Fsp3) is 1.00. The van der Waals surface area contributed by atoms with Crippen molar-refractivity contribution in [1.29, 1.82) is 0 Å². The van der Waals surface area contributed by atoms with E-state index in [2.05, 4.69) is 0 Å². The standard InChI is InChI=1S/C2H3Cl3O.H3N/c3-2(4,5)1-6;/h6H,1H2;1H3. The molecule has 0 fully saturated rings. The number of aliphatic hydroxyl groups excluding tert-OH is 1. The molecule has 0 aliphatic rings. The van der Waals surface area contributed by atoms with Crippen LogP contribution in [0.15, 0.2) is 0 Å². The zero-order chi connectivity index (χ0) is 5.21. The van der Waals surface area contributed by atoms with Gasteiger partial charge in [0, 0.05) is 0 Å². The molecule has 0 saturated carbocycles. The van der Waals surface area contributed by atoms with Gasteiger partial charge in [0.25, 0.3) is 0 Å². The van der Waals surface area contributed by atoms with Crippen LogP contribution in [0.3, 0.4) is 0 Å². The summed E-state index contributed by atoms with van der Waals surface area (Å²) in [6, 6.07) is 0. The summed E-state index contributed by atoms with van der Waals surface area (Å²) in [4.78, 5) is 0. The molecular formula is C2H6Cl3NO. The summed E-state index contributed by atoms with van der Waals surface area (Å²) in [5, 5.41) is 8.01. The molecule has 0 aromatic rings. The van der Waals surface area contributed by atoms with Crippen molar-refractivity contribution in [3.63, 3.8) is 0 Å². The van der Waals surface area contributed by atoms with Crippen LogP contribution in [0.4, 0.5) is 0 Å². The first-order chi connectivity index (χ1) is 2.56. The van der Waals surface area contributed by atoms with E-state index in [1.165, 1.54) is 0 Å². The lowest BCUT2D eigenvalue weighted by atomic mass is 10.9. The maximum atomic E-state index is 8.01. The molecule has 4 N–H and O–H groups in total. The molecule has 2 nitrogen and oxygen atoms in total. The van der Waals surface area contributed by atoms with E-state index in [9.17, 15) is 0 Å². The van der Waals surface area contributed by atoms with Crippen LogP contribution in [0, 0.1) is 0 Å². The lowest BCUT2D eigenvalue weighted by Gasteiger charge is -2.01. The summed E-state index contributed by atoms with van der Waals surface area (Å²) < 4.78 is -1.49. The van der Waals surface area contributed by atoms with Crippen LogP contribution in [0.2, 0.25) is 0 Å². The van der Waals surface area contributed by atoms with Crippen molar-refractivity contribution < 1.29 is 5.11 Å². The van der Waals surface area contributed by atoms with Crippen molar-refractivity contribution in [1.82, 2.24) is 6.15 Å². The number of alkyl halides is 3. The molecule has 0 heterocycles. The predicted molar refractivity (Wildman–Crippen MR) is 32.4 cm³/mol. The fourth-order valence-corrected chi connectivity index (χ4v) is 0. The number of halogens is 3. The first-order valence-electron chi connectivity index (χ1n) is 1.24. The third kappa shape index (κ3) is 10.8. The van der Waals surface area contributed by atoms with Gasteiger partial charge in [-0.15, -0.1) is 0 Å². The monoisotopic (exact) mass is 165 g/mol. The molecule has 0 amide bonds. The lowest BCUT2D eigenvalue weighted by Crippen LogP contribution is -2.06. The van der Waals surface area contributed by atoms with E-state index in [0.29, 0.717) is 0 Å². The van der Waals surface area contributed by atoms with Crippen LogP contribution in [0.1, 0.15) is 0 Å². The fourth-order valence-electron chi connectivity index (χ4n) is 0. The highest BCUT2D eigenvalue weighted by molar-refractivity contribution is 6.67. The van der Waals surface area contributed by atoms with Gasteiger partial charge in [-0.2, -0.15) is 0 Å². The molecule has 0 aromatic carbocycles. The third-order valence-corrected chi connectivity index (χ3v) is 0.538. The van der Waals surface area contributed by atoms with Crippen LogP contribution in [0.5, 0.6) is 0 Å². The Hall–Kier alpha value is 0.790. The Morgan fingerprint density at radius 2 is 1.43 bits per heavy atom. The van der Waals surface area contributed by atoms with Crippen molar-refractivity contribution >= 4 is 34.8 Å². The summed E-state index contributed by atoms with van der Waals surface area (Å²) >= 11 is 15.0. The van der Waals surface area contributed by atoms with Gasteiger partial charge in [-0.3, -0.25) is 0 Å². The smallest absolute Gasteiger partial charge is 0.213 e. The van der Waals surface area contributed by atoms with Crippen LogP contribution in [0.25, 0.3) is 0 Å². The molecule has 0 aliphatic heterocycles. The molecule has 7 heavy (non-hydrogen) atoms. The molecule has 0 aromatic heterocycles. The van der Waals surface area contributed by atoms with Gasteiger partial charge in [0.2, 0.25) is 3.79 Å². The van der Waals surface area contributed by atoms with Gasteiger partial charge in [-0.05, 0) is 0 Å². The minimum Gasteiger partial charge on any atom is -0.392 e. The Balaban J connectivity index is 0. The molecule has 0 atom stereocenters. The summed E-state index contributed by atoms with van der Waals surface area (Å²) in [6.45, 7) is -0.433. The topological polar surface area (TPSA) is 55.2 Å².